The molecule has 2 rings (SSSR count). The quantitative estimate of drug-likeness (QED) is 0.656. The van der Waals surface area contributed by atoms with E-state index in [0.29, 0.717) is 11.3 Å². The number of hydrogen-bond donors (Lipinski definition) is 1. The number of hydrogen-bond acceptors (Lipinski definition) is 4. The highest BCUT2D eigenvalue weighted by atomic mass is 35.5. The molecule has 25 heavy (non-hydrogen) atoms. The second-order valence-corrected chi connectivity index (χ2v) is 6.41. The molecule has 2 aromatic rings. The number of para-hydroxylation sites is 1. The van der Waals surface area contributed by atoms with E-state index < -0.39 is 18.0 Å². The third kappa shape index (κ3) is 4.37. The number of rotatable bonds is 4. The van der Waals surface area contributed by atoms with E-state index in [9.17, 15) is 9.59 Å². The minimum absolute atomic E-state index is 0.0739. The molecule has 1 heterocycles. The summed E-state index contributed by atoms with van der Waals surface area (Å²) in [7, 11) is 0. The van der Waals surface area contributed by atoms with Gasteiger partial charge in [0.25, 0.3) is 5.91 Å². The number of carbonyl (C=O) groups excluding carboxylic acids is 2. The molecule has 1 aromatic carbocycles. The van der Waals surface area contributed by atoms with Gasteiger partial charge in [0.15, 0.2) is 6.10 Å². The normalized spacial score (nSPS) is 11.8. The number of anilines is 1. The number of nitrogens with one attached hydrogen (secondary N) is 1. The summed E-state index contributed by atoms with van der Waals surface area (Å²) in [6, 6.07) is 7.46. The molecular formula is C19H21ClN2O3. The number of halogens is 1. The lowest BCUT2D eigenvalue weighted by Crippen LogP contribution is -2.30. The van der Waals surface area contributed by atoms with Crippen LogP contribution in [0.4, 0.5) is 5.69 Å². The fourth-order valence-electron chi connectivity index (χ4n) is 2.55. The van der Waals surface area contributed by atoms with Crippen molar-refractivity contribution in [3.8, 4) is 0 Å². The fourth-order valence-corrected chi connectivity index (χ4v) is 2.91. The number of aromatic nitrogens is 1. The summed E-state index contributed by atoms with van der Waals surface area (Å²) in [6.07, 6.45) is -0.969. The van der Waals surface area contributed by atoms with Crippen molar-refractivity contribution in [1.29, 1.82) is 0 Å². The minimum Gasteiger partial charge on any atom is -0.449 e. The average molecular weight is 361 g/mol. The third-order valence-corrected chi connectivity index (χ3v) is 4.16. The summed E-state index contributed by atoms with van der Waals surface area (Å²) < 4.78 is 5.28. The van der Waals surface area contributed by atoms with Crippen molar-refractivity contribution in [2.45, 2.75) is 40.7 Å². The molecule has 0 aliphatic carbocycles. The Kier molecular flexibility index (Phi) is 5.80. The van der Waals surface area contributed by atoms with Crippen molar-refractivity contribution < 1.29 is 14.3 Å². The molecule has 0 saturated carbocycles. The number of carbonyl (C=O) groups is 2. The monoisotopic (exact) mass is 360 g/mol. The zero-order valence-electron chi connectivity index (χ0n) is 14.9. The van der Waals surface area contributed by atoms with E-state index in [-0.39, 0.29) is 10.7 Å². The van der Waals surface area contributed by atoms with E-state index in [1.807, 2.05) is 32.0 Å². The summed E-state index contributed by atoms with van der Waals surface area (Å²) in [5.74, 6) is -1.07. The first-order chi connectivity index (χ1) is 11.7. The van der Waals surface area contributed by atoms with Gasteiger partial charge >= 0.3 is 5.97 Å². The number of nitrogens with zero attached hydrogens (tertiary/aromatic N) is 1. The van der Waals surface area contributed by atoms with Crippen molar-refractivity contribution in [2.24, 2.45) is 0 Å². The smallest absolute Gasteiger partial charge is 0.342 e. The number of aryl methyl sites for hydroxylation is 4. The van der Waals surface area contributed by atoms with E-state index in [1.165, 1.54) is 6.92 Å². The van der Waals surface area contributed by atoms with Gasteiger partial charge in [-0.25, -0.2) is 9.78 Å². The average Bonchev–Trinajstić information content (AvgIpc) is 2.49. The van der Waals surface area contributed by atoms with Crippen LogP contribution < -0.4 is 5.32 Å². The largest absolute Gasteiger partial charge is 0.449 e. The van der Waals surface area contributed by atoms with Crippen LogP contribution in [0, 0.1) is 27.7 Å². The van der Waals surface area contributed by atoms with Gasteiger partial charge in [0.1, 0.15) is 5.15 Å². The fraction of sp³-hybridized carbons (Fsp3) is 0.316. The Morgan fingerprint density at radius 1 is 1.12 bits per heavy atom. The molecule has 1 N–H and O–H groups in total. The highest BCUT2D eigenvalue weighted by Crippen LogP contribution is 2.22. The Hall–Kier alpha value is -2.40. The summed E-state index contributed by atoms with van der Waals surface area (Å²) in [6.45, 7) is 8.86. The van der Waals surface area contributed by atoms with Crippen molar-refractivity contribution in [1.82, 2.24) is 4.98 Å². The maximum atomic E-state index is 12.4. The standard InChI is InChI=1S/C19H21ClN2O3/c1-10-7-6-8-11(2)16(10)22-18(23)14(5)25-19(24)15-12(3)9-13(4)21-17(15)20/h6-9,14H,1-5H3,(H,22,23)/t14-/m1/s1. The van der Waals surface area contributed by atoms with Crippen LogP contribution in [0.25, 0.3) is 0 Å². The zero-order chi connectivity index (χ0) is 18.7. The number of esters is 1. The second-order valence-electron chi connectivity index (χ2n) is 6.05. The lowest BCUT2D eigenvalue weighted by molar-refractivity contribution is -0.123. The Labute approximate surface area is 152 Å². The van der Waals surface area contributed by atoms with E-state index in [2.05, 4.69) is 10.3 Å². The molecule has 1 amide bonds. The van der Waals surface area contributed by atoms with E-state index in [1.54, 1.807) is 19.9 Å². The molecule has 0 saturated heterocycles. The maximum absolute atomic E-state index is 12.4. The van der Waals surface area contributed by atoms with E-state index in [0.717, 1.165) is 16.8 Å². The van der Waals surface area contributed by atoms with Crippen molar-refractivity contribution in [2.75, 3.05) is 5.32 Å². The van der Waals surface area contributed by atoms with Crippen LogP contribution >= 0.6 is 11.6 Å². The molecule has 0 fully saturated rings. The van der Waals surface area contributed by atoms with Gasteiger partial charge < -0.3 is 10.1 Å². The first-order valence-corrected chi connectivity index (χ1v) is 8.30. The Balaban J connectivity index is 2.13. The van der Waals surface area contributed by atoms with E-state index >= 15 is 0 Å². The summed E-state index contributed by atoms with van der Waals surface area (Å²) in [5, 5.41) is 2.88. The van der Waals surface area contributed by atoms with Crippen LogP contribution in [-0.4, -0.2) is 23.0 Å². The molecule has 1 atom stereocenters. The summed E-state index contributed by atoms with van der Waals surface area (Å²) in [5.41, 5.74) is 4.15. The Morgan fingerprint density at radius 3 is 2.28 bits per heavy atom. The van der Waals surface area contributed by atoms with Crippen LogP contribution in [0.1, 0.15) is 39.7 Å². The van der Waals surface area contributed by atoms with Gasteiger partial charge in [0.2, 0.25) is 0 Å². The van der Waals surface area contributed by atoms with Crippen LogP contribution in [0.15, 0.2) is 24.3 Å². The van der Waals surface area contributed by atoms with Gasteiger partial charge in [-0.05, 0) is 57.4 Å². The predicted molar refractivity (Wildman–Crippen MR) is 98.1 cm³/mol. The van der Waals surface area contributed by atoms with Crippen LogP contribution in [0.5, 0.6) is 0 Å². The van der Waals surface area contributed by atoms with Crippen LogP contribution in [-0.2, 0) is 9.53 Å². The first-order valence-electron chi connectivity index (χ1n) is 7.92. The van der Waals surface area contributed by atoms with Crippen molar-refractivity contribution >= 4 is 29.2 Å². The molecular weight excluding hydrogens is 340 g/mol. The lowest BCUT2D eigenvalue weighted by atomic mass is 10.1. The first kappa shape index (κ1) is 18.9. The SMILES string of the molecule is Cc1cc(C)c(C(=O)O[C@H](C)C(=O)Nc2c(C)cccc2C)c(Cl)n1. The van der Waals surface area contributed by atoms with E-state index in [4.69, 9.17) is 16.3 Å². The van der Waals surface area contributed by atoms with Gasteiger partial charge in [-0.3, -0.25) is 4.79 Å². The van der Waals surface area contributed by atoms with Gasteiger partial charge in [-0.1, -0.05) is 29.8 Å². The van der Waals surface area contributed by atoms with Crippen LogP contribution in [0.2, 0.25) is 5.15 Å². The number of amides is 1. The molecule has 0 bridgehead atoms. The molecule has 0 unspecified atom stereocenters. The summed E-state index contributed by atoms with van der Waals surface area (Å²) in [4.78, 5) is 28.8. The molecule has 132 valence electrons. The van der Waals surface area contributed by atoms with Gasteiger partial charge in [-0.15, -0.1) is 0 Å². The number of pyridine rings is 1. The number of ether oxygens (including phenoxy) is 1. The zero-order valence-corrected chi connectivity index (χ0v) is 15.7. The number of benzene rings is 1. The summed E-state index contributed by atoms with van der Waals surface area (Å²) >= 11 is 6.05. The molecule has 1 aromatic heterocycles. The molecule has 0 radical (unpaired) electrons. The molecule has 5 nitrogen and oxygen atoms in total. The molecule has 0 spiro atoms. The topological polar surface area (TPSA) is 68.3 Å². The van der Waals surface area contributed by atoms with Crippen LogP contribution in [0.3, 0.4) is 0 Å². The Bertz CT molecular complexity index is 790. The van der Waals surface area contributed by atoms with Crippen molar-refractivity contribution in [3.05, 3.63) is 57.4 Å². The molecule has 0 aliphatic heterocycles. The Morgan fingerprint density at radius 2 is 1.72 bits per heavy atom. The third-order valence-electron chi connectivity index (χ3n) is 3.89. The van der Waals surface area contributed by atoms with Gasteiger partial charge in [-0.2, -0.15) is 0 Å². The highest BCUT2D eigenvalue weighted by molar-refractivity contribution is 6.32. The van der Waals surface area contributed by atoms with Gasteiger partial charge in [0, 0.05) is 11.4 Å². The highest BCUT2D eigenvalue weighted by Gasteiger charge is 2.23. The predicted octanol–water partition coefficient (Wildman–Crippen LogP) is 4.15. The minimum atomic E-state index is -0.969. The van der Waals surface area contributed by atoms with Gasteiger partial charge in [0.05, 0.1) is 5.56 Å². The maximum Gasteiger partial charge on any atom is 0.342 e. The molecule has 0 aliphatic rings. The van der Waals surface area contributed by atoms with Crippen molar-refractivity contribution in [3.63, 3.8) is 0 Å². The molecule has 6 heteroatoms. The second kappa shape index (κ2) is 7.66. The lowest BCUT2D eigenvalue weighted by Gasteiger charge is -2.17.